The molecule has 13 nitrogen and oxygen atoms in total. The second-order valence-electron chi connectivity index (χ2n) is 2.43. The zero-order valence-electron chi connectivity index (χ0n) is 8.29. The van der Waals surface area contributed by atoms with Gasteiger partial charge in [-0.15, -0.1) is 5.43 Å². The largest absolute Gasteiger partial charge is 0.541 e. The Morgan fingerprint density at radius 2 is 1.88 bits per heavy atom. The monoisotopic (exact) mass is 252 g/mol. The number of nitrogens with one attached hydrogen (secondary N) is 2. The van der Waals surface area contributed by atoms with Crippen LogP contribution in [0.5, 0.6) is 0 Å². The molecule has 0 aromatic rings. The Hall–Kier alpha value is -2.67. The van der Waals surface area contributed by atoms with Crippen molar-refractivity contribution in [3.8, 4) is 0 Å². The molecule has 0 aromatic heterocycles. The Kier molecular flexibility index (Phi) is 4.83. The van der Waals surface area contributed by atoms with Crippen molar-refractivity contribution in [2.75, 3.05) is 0 Å². The minimum atomic E-state index is -3.18. The first kappa shape index (κ1) is 16.7. The Morgan fingerprint density at radius 3 is 2.06 bits per heavy atom. The number of hydrogen-bond acceptors (Lipinski definition) is 9. The molecular weight excluding hydrogens is 244 g/mol. The summed E-state index contributed by atoms with van der Waals surface area (Å²) in [6.07, 6.45) is 0. The van der Waals surface area contributed by atoms with E-state index in [2.05, 4.69) is 5.10 Å². The third-order valence-electron chi connectivity index (χ3n) is 1.65. The highest BCUT2D eigenvalue weighted by atomic mass is 16.6. The highest BCUT2D eigenvalue weighted by Crippen LogP contribution is 2.14. The maximum Gasteiger partial charge on any atom is 0.419 e. The van der Waals surface area contributed by atoms with Crippen LogP contribution in [0.3, 0.4) is 0 Å². The van der Waals surface area contributed by atoms with Crippen molar-refractivity contribution in [2.24, 2.45) is 5.10 Å². The lowest BCUT2D eigenvalue weighted by Gasteiger charge is -2.16. The third-order valence-corrected chi connectivity index (χ3v) is 1.65. The summed E-state index contributed by atoms with van der Waals surface area (Å²) in [5.41, 5.74) is -3.14. The van der Waals surface area contributed by atoms with Crippen LogP contribution in [0.1, 0.15) is 0 Å². The number of quaternary nitrogens is 1. The zero-order chi connectivity index (χ0) is 11.8. The van der Waals surface area contributed by atoms with E-state index in [1.807, 2.05) is 0 Å². The van der Waals surface area contributed by atoms with Gasteiger partial charge in [-0.25, -0.2) is 0 Å². The minimum absolute atomic E-state index is 0. The molecule has 0 bridgehead atoms. The van der Waals surface area contributed by atoms with E-state index in [9.17, 15) is 30.1 Å². The second-order valence-corrected chi connectivity index (χ2v) is 2.43. The molecule has 0 spiro atoms. The van der Waals surface area contributed by atoms with Gasteiger partial charge in [0.25, 0.3) is 0 Å². The van der Waals surface area contributed by atoms with E-state index in [-0.39, 0.29) is 11.6 Å². The van der Waals surface area contributed by atoms with Gasteiger partial charge >= 0.3 is 11.5 Å². The van der Waals surface area contributed by atoms with E-state index in [1.165, 1.54) is 5.43 Å². The molecule has 1 rings (SSSR count). The van der Waals surface area contributed by atoms with Gasteiger partial charge in [-0.1, -0.05) is 0 Å². The summed E-state index contributed by atoms with van der Waals surface area (Å²) in [6.45, 7) is 0. The van der Waals surface area contributed by atoms with E-state index in [4.69, 9.17) is 5.41 Å². The first-order valence-electron chi connectivity index (χ1n) is 3.28. The molecule has 96 valence electrons. The number of carbonyl (C=O) groups excluding carboxylic acids is 1. The van der Waals surface area contributed by atoms with Crippen LogP contribution in [0.15, 0.2) is 5.10 Å². The lowest BCUT2D eigenvalue weighted by molar-refractivity contribution is -0.552. The first-order chi connectivity index (χ1) is 6.84. The molecule has 0 aromatic carbocycles. The van der Waals surface area contributed by atoms with E-state index in [1.54, 1.807) is 0 Å². The van der Waals surface area contributed by atoms with Crippen molar-refractivity contribution >= 4 is 17.5 Å². The highest BCUT2D eigenvalue weighted by Gasteiger charge is 2.62. The van der Waals surface area contributed by atoms with Crippen LogP contribution in [-0.4, -0.2) is 38.5 Å². The fraction of sp³-hybridized carbons (Fsp3) is 0.250. The number of amidine groups is 1. The van der Waals surface area contributed by atoms with Crippen LogP contribution in [-0.2, 0) is 4.79 Å². The number of rotatable bonds is 2. The van der Waals surface area contributed by atoms with Gasteiger partial charge in [-0.3, -0.25) is 15.5 Å². The predicted octanol–water partition coefficient (Wildman–Crippen LogP) is -3.53. The van der Waals surface area contributed by atoms with Gasteiger partial charge in [-0.05, 0) is 4.92 Å². The number of hydrazone groups is 1. The van der Waals surface area contributed by atoms with Crippen LogP contribution in [0.25, 0.3) is 0 Å². The van der Waals surface area contributed by atoms with Gasteiger partial charge < -0.3 is 31.6 Å². The average molecular weight is 252 g/mol. The fourth-order valence-corrected chi connectivity index (χ4v) is 0.894. The molecule has 0 fully saturated rings. The number of hydrogen-bond donors (Lipinski definition) is 3. The molecule has 0 aliphatic carbocycles. The van der Waals surface area contributed by atoms with E-state index < -0.39 is 33.0 Å². The van der Waals surface area contributed by atoms with Gasteiger partial charge in [-0.2, -0.15) is 0 Å². The molecule has 8 N–H and O–H groups in total. The molecule has 1 aliphatic heterocycles. The Labute approximate surface area is 91.8 Å². The smallest absolute Gasteiger partial charge is 0.419 e. The summed E-state index contributed by atoms with van der Waals surface area (Å²) in [7, 11) is 0. The number of carboxylic acids is 1. The van der Waals surface area contributed by atoms with Crippen molar-refractivity contribution in [2.45, 2.75) is 5.66 Å². The zero-order valence-corrected chi connectivity index (χ0v) is 8.29. The van der Waals surface area contributed by atoms with Crippen molar-refractivity contribution in [1.82, 2.24) is 11.6 Å². The van der Waals surface area contributed by atoms with Crippen molar-refractivity contribution in [1.29, 1.82) is 5.41 Å². The summed E-state index contributed by atoms with van der Waals surface area (Å²) in [4.78, 5) is 28.5. The lowest BCUT2D eigenvalue weighted by Crippen LogP contribution is -2.65. The number of nitro groups is 2. The van der Waals surface area contributed by atoms with E-state index in [0.29, 0.717) is 0 Å². The minimum Gasteiger partial charge on any atom is -0.541 e. The Morgan fingerprint density at radius 1 is 1.41 bits per heavy atom. The maximum absolute atomic E-state index is 10.5. The van der Waals surface area contributed by atoms with E-state index >= 15 is 0 Å². The normalized spacial score (nSPS) is 21.4. The van der Waals surface area contributed by atoms with Crippen LogP contribution in [0.2, 0.25) is 0 Å². The summed E-state index contributed by atoms with van der Waals surface area (Å²) >= 11 is 0. The van der Waals surface area contributed by atoms with Crippen molar-refractivity contribution in [3.63, 3.8) is 0 Å². The molecule has 0 saturated carbocycles. The molecule has 1 aliphatic rings. The Balaban J connectivity index is 0. The second kappa shape index (κ2) is 4.90. The predicted molar refractivity (Wildman–Crippen MR) is 49.6 cm³/mol. The third kappa shape index (κ3) is 1.99. The van der Waals surface area contributed by atoms with E-state index in [0.717, 1.165) is 0 Å². The topological polar surface area (TPSA) is 243 Å². The number of aliphatic carboxylic acids is 1. The maximum atomic E-state index is 10.5. The molecule has 13 heteroatoms. The SMILES string of the molecule is N=C1C([N+](=O)[O-])=NNC1(C(=O)[O-])[N+](=O)[O-].O.[NH4+]. The molecule has 0 saturated heterocycles. The number of carboxylic acid groups (broad SMARTS) is 1. The summed E-state index contributed by atoms with van der Waals surface area (Å²) in [5, 5.41) is 40.9. The summed E-state index contributed by atoms with van der Waals surface area (Å²) in [5.74, 6) is -3.52. The van der Waals surface area contributed by atoms with Crippen LogP contribution in [0.4, 0.5) is 0 Å². The summed E-state index contributed by atoms with van der Waals surface area (Å²) < 4.78 is 0. The first-order valence-corrected chi connectivity index (χ1v) is 3.28. The van der Waals surface area contributed by atoms with Crippen molar-refractivity contribution in [3.05, 3.63) is 20.2 Å². The van der Waals surface area contributed by atoms with Gasteiger partial charge in [0.15, 0.2) is 5.97 Å². The summed E-state index contributed by atoms with van der Waals surface area (Å²) in [6, 6.07) is 0. The number of nitrogens with zero attached hydrogens (tertiary/aromatic N) is 3. The van der Waals surface area contributed by atoms with Gasteiger partial charge in [0.2, 0.25) is 5.71 Å². The quantitative estimate of drug-likeness (QED) is 0.329. The van der Waals surface area contributed by atoms with Crippen LogP contribution >= 0.6 is 0 Å². The Bertz CT molecular complexity index is 401. The highest BCUT2D eigenvalue weighted by molar-refractivity contribution is 6.44. The molecule has 1 unspecified atom stereocenters. The number of carbonyl (C=O) groups is 1. The van der Waals surface area contributed by atoms with Gasteiger partial charge in [0.1, 0.15) is 0 Å². The van der Waals surface area contributed by atoms with Crippen LogP contribution in [0, 0.1) is 25.6 Å². The average Bonchev–Trinajstić information content (AvgIpc) is 2.43. The van der Waals surface area contributed by atoms with Gasteiger partial charge in [0, 0.05) is 0 Å². The van der Waals surface area contributed by atoms with Crippen LogP contribution < -0.4 is 16.7 Å². The molecule has 0 radical (unpaired) electrons. The van der Waals surface area contributed by atoms with Crippen molar-refractivity contribution < 1.29 is 25.2 Å². The molecule has 1 heterocycles. The fourth-order valence-electron chi connectivity index (χ4n) is 0.894. The molecular formula is C4H8N6O7. The lowest BCUT2D eigenvalue weighted by atomic mass is 10.1. The van der Waals surface area contributed by atoms with Gasteiger partial charge in [0.05, 0.1) is 10.0 Å². The molecule has 0 amide bonds. The standard InChI is InChI=1S/C4H3N5O6.H3N.H2O/c5-1-2(8(12)13)6-7-4(1,3(10)11)9(14)15;;/h5,7H,(H,10,11);1H3;1H2. The molecule has 1 atom stereocenters. The molecule has 17 heavy (non-hydrogen) atoms.